The van der Waals surface area contributed by atoms with E-state index in [9.17, 15) is 9.59 Å². The zero-order valence-electron chi connectivity index (χ0n) is 14.8. The number of anilines is 1. The summed E-state index contributed by atoms with van der Waals surface area (Å²) in [4.78, 5) is 28.8. The minimum absolute atomic E-state index is 0.0650. The van der Waals surface area contributed by atoms with Crippen LogP contribution in [0.5, 0.6) is 0 Å². The van der Waals surface area contributed by atoms with Crippen molar-refractivity contribution in [3.05, 3.63) is 70.2 Å². The molecule has 7 heteroatoms. The maximum atomic E-state index is 12.4. The number of thiazole rings is 1. The number of aromatic nitrogens is 1. The van der Waals surface area contributed by atoms with Gasteiger partial charge in [-0.1, -0.05) is 23.7 Å². The first-order valence-corrected chi connectivity index (χ1v) is 9.62. The Bertz CT molecular complexity index is 967. The zero-order valence-corrected chi connectivity index (χ0v) is 16.4. The van der Waals surface area contributed by atoms with Gasteiger partial charge in [-0.2, -0.15) is 0 Å². The Morgan fingerprint density at radius 3 is 2.48 bits per heavy atom. The summed E-state index contributed by atoms with van der Waals surface area (Å²) in [5.74, 6) is -0.451. The number of rotatable bonds is 5. The molecule has 0 atom stereocenters. The fraction of sp³-hybridized carbons (Fsp3) is 0.150. The van der Waals surface area contributed by atoms with Gasteiger partial charge in [-0.25, -0.2) is 4.98 Å². The highest BCUT2D eigenvalue weighted by Gasteiger charge is 2.13. The molecule has 0 unspecified atom stereocenters. The van der Waals surface area contributed by atoms with Crippen LogP contribution in [0.2, 0.25) is 5.02 Å². The van der Waals surface area contributed by atoms with Crippen molar-refractivity contribution in [3.63, 3.8) is 0 Å². The Kier molecular flexibility index (Phi) is 5.88. The summed E-state index contributed by atoms with van der Waals surface area (Å²) in [6.07, 6.45) is 0. The van der Waals surface area contributed by atoms with Gasteiger partial charge < -0.3 is 10.6 Å². The third kappa shape index (κ3) is 4.93. The van der Waals surface area contributed by atoms with E-state index in [1.165, 1.54) is 11.3 Å². The van der Waals surface area contributed by atoms with E-state index in [4.69, 9.17) is 11.6 Å². The molecule has 0 radical (unpaired) electrons. The molecule has 2 N–H and O–H groups in total. The summed E-state index contributed by atoms with van der Waals surface area (Å²) in [7, 11) is 0. The van der Waals surface area contributed by atoms with E-state index in [0.717, 1.165) is 10.6 Å². The van der Waals surface area contributed by atoms with Crippen LogP contribution < -0.4 is 10.6 Å². The summed E-state index contributed by atoms with van der Waals surface area (Å²) in [5, 5.41) is 8.66. The standard InChI is InChI=1S/C20H18ClN3O2S/c1-12(2)22-18(25)13-6-8-16(9-7-13)23-19(26)17-11-27-20(24-17)14-4-3-5-15(21)10-14/h3-12H,1-2H3,(H,22,25)(H,23,26). The highest BCUT2D eigenvalue weighted by molar-refractivity contribution is 7.13. The van der Waals surface area contributed by atoms with Gasteiger partial charge in [0.1, 0.15) is 10.7 Å². The predicted octanol–water partition coefficient (Wildman–Crippen LogP) is 4.85. The van der Waals surface area contributed by atoms with Gasteiger partial charge in [-0.15, -0.1) is 11.3 Å². The molecule has 0 aliphatic rings. The molecule has 2 amide bonds. The topological polar surface area (TPSA) is 71.1 Å². The first-order valence-electron chi connectivity index (χ1n) is 8.36. The molecule has 3 rings (SSSR count). The van der Waals surface area contributed by atoms with Crippen LogP contribution in [-0.4, -0.2) is 22.8 Å². The van der Waals surface area contributed by atoms with Crippen molar-refractivity contribution >= 4 is 40.4 Å². The first-order chi connectivity index (χ1) is 12.9. The number of amides is 2. The lowest BCUT2D eigenvalue weighted by Gasteiger charge is -2.09. The third-order valence-electron chi connectivity index (χ3n) is 3.63. The molecule has 0 saturated heterocycles. The van der Waals surface area contributed by atoms with Crippen molar-refractivity contribution < 1.29 is 9.59 Å². The van der Waals surface area contributed by atoms with E-state index in [1.54, 1.807) is 35.7 Å². The molecule has 1 aromatic heterocycles. The van der Waals surface area contributed by atoms with E-state index in [0.29, 0.717) is 22.0 Å². The zero-order chi connectivity index (χ0) is 19.4. The van der Waals surface area contributed by atoms with Crippen molar-refractivity contribution in [2.24, 2.45) is 0 Å². The molecular weight excluding hydrogens is 382 g/mol. The maximum absolute atomic E-state index is 12.4. The number of hydrogen-bond donors (Lipinski definition) is 2. The molecule has 0 bridgehead atoms. The molecule has 5 nitrogen and oxygen atoms in total. The lowest BCUT2D eigenvalue weighted by Crippen LogP contribution is -2.30. The van der Waals surface area contributed by atoms with Gasteiger partial charge in [-0.05, 0) is 50.2 Å². The minimum Gasteiger partial charge on any atom is -0.350 e. The largest absolute Gasteiger partial charge is 0.350 e. The number of hydrogen-bond acceptors (Lipinski definition) is 4. The highest BCUT2D eigenvalue weighted by Crippen LogP contribution is 2.26. The Labute approximate surface area is 166 Å². The minimum atomic E-state index is -0.307. The van der Waals surface area contributed by atoms with Crippen LogP contribution in [0.3, 0.4) is 0 Å². The molecule has 1 heterocycles. The third-order valence-corrected chi connectivity index (χ3v) is 4.76. The molecule has 3 aromatic rings. The van der Waals surface area contributed by atoms with E-state index in [-0.39, 0.29) is 17.9 Å². The molecule has 2 aromatic carbocycles. The predicted molar refractivity (Wildman–Crippen MR) is 110 cm³/mol. The van der Waals surface area contributed by atoms with Crippen LogP contribution in [0, 0.1) is 0 Å². The number of carbonyl (C=O) groups is 2. The summed E-state index contributed by atoms with van der Waals surface area (Å²) in [6, 6.07) is 14.1. The van der Waals surface area contributed by atoms with Crippen LogP contribution in [0.4, 0.5) is 5.69 Å². The van der Waals surface area contributed by atoms with Gasteiger partial charge in [0.15, 0.2) is 0 Å². The second-order valence-electron chi connectivity index (χ2n) is 6.21. The highest BCUT2D eigenvalue weighted by atomic mass is 35.5. The van der Waals surface area contributed by atoms with Crippen LogP contribution >= 0.6 is 22.9 Å². The van der Waals surface area contributed by atoms with Crippen LogP contribution in [0.1, 0.15) is 34.7 Å². The second kappa shape index (κ2) is 8.33. The number of halogens is 1. The monoisotopic (exact) mass is 399 g/mol. The summed E-state index contributed by atoms with van der Waals surface area (Å²) in [6.45, 7) is 3.80. The van der Waals surface area contributed by atoms with Crippen molar-refractivity contribution in [1.82, 2.24) is 10.3 Å². The molecule has 0 saturated carbocycles. The van der Waals surface area contributed by atoms with E-state index < -0.39 is 0 Å². The SMILES string of the molecule is CC(C)NC(=O)c1ccc(NC(=O)c2csc(-c3cccc(Cl)c3)n2)cc1. The van der Waals surface area contributed by atoms with E-state index in [1.807, 2.05) is 32.0 Å². The van der Waals surface area contributed by atoms with E-state index in [2.05, 4.69) is 15.6 Å². The molecule has 0 aliphatic heterocycles. The molecule has 27 heavy (non-hydrogen) atoms. The van der Waals surface area contributed by atoms with Crippen molar-refractivity contribution in [3.8, 4) is 10.6 Å². The molecular formula is C20H18ClN3O2S. The molecule has 0 spiro atoms. The van der Waals surface area contributed by atoms with Gasteiger partial charge >= 0.3 is 0 Å². The van der Waals surface area contributed by atoms with Crippen molar-refractivity contribution in [2.45, 2.75) is 19.9 Å². The van der Waals surface area contributed by atoms with Gasteiger partial charge in [0, 0.05) is 33.3 Å². The van der Waals surface area contributed by atoms with Gasteiger partial charge in [-0.3, -0.25) is 9.59 Å². The van der Waals surface area contributed by atoms with Crippen LogP contribution in [0.15, 0.2) is 53.9 Å². The van der Waals surface area contributed by atoms with Gasteiger partial charge in [0.05, 0.1) is 0 Å². The van der Waals surface area contributed by atoms with E-state index >= 15 is 0 Å². The quantitative estimate of drug-likeness (QED) is 0.643. The summed E-state index contributed by atoms with van der Waals surface area (Å²) >= 11 is 7.38. The molecule has 0 fully saturated rings. The average molecular weight is 400 g/mol. The van der Waals surface area contributed by atoms with Gasteiger partial charge in [0.25, 0.3) is 11.8 Å². The lowest BCUT2D eigenvalue weighted by atomic mass is 10.2. The van der Waals surface area contributed by atoms with Gasteiger partial charge in [0.2, 0.25) is 0 Å². The summed E-state index contributed by atoms with van der Waals surface area (Å²) < 4.78 is 0. The smallest absolute Gasteiger partial charge is 0.275 e. The Balaban J connectivity index is 1.68. The fourth-order valence-electron chi connectivity index (χ4n) is 2.38. The maximum Gasteiger partial charge on any atom is 0.275 e. The van der Waals surface area contributed by atoms with Crippen LogP contribution in [-0.2, 0) is 0 Å². The average Bonchev–Trinajstić information content (AvgIpc) is 3.12. The Morgan fingerprint density at radius 2 is 1.81 bits per heavy atom. The van der Waals surface area contributed by atoms with Crippen molar-refractivity contribution in [2.75, 3.05) is 5.32 Å². The molecule has 0 aliphatic carbocycles. The van der Waals surface area contributed by atoms with Crippen LogP contribution in [0.25, 0.3) is 10.6 Å². The number of nitrogens with one attached hydrogen (secondary N) is 2. The normalized spacial score (nSPS) is 10.7. The lowest BCUT2D eigenvalue weighted by molar-refractivity contribution is 0.0942. The number of carbonyl (C=O) groups excluding carboxylic acids is 2. The number of benzene rings is 2. The number of nitrogens with zero attached hydrogens (tertiary/aromatic N) is 1. The second-order valence-corrected chi connectivity index (χ2v) is 7.50. The molecule has 138 valence electrons. The first kappa shape index (κ1) is 19.1. The van der Waals surface area contributed by atoms with Crippen molar-refractivity contribution in [1.29, 1.82) is 0 Å². The fourth-order valence-corrected chi connectivity index (χ4v) is 3.37. The Hall–Kier alpha value is -2.70. The Morgan fingerprint density at radius 1 is 1.07 bits per heavy atom. The summed E-state index contributed by atoms with van der Waals surface area (Å²) in [5.41, 5.74) is 2.33.